The van der Waals surface area contributed by atoms with Gasteiger partial charge < -0.3 is 19.5 Å². The molecular weight excluding hydrogens is 342 g/mol. The molecule has 1 N–H and O–H groups in total. The molecule has 6 heteroatoms. The van der Waals surface area contributed by atoms with Gasteiger partial charge in [0.2, 0.25) is 0 Å². The molecular formula is C19H30ClNO4. The summed E-state index contributed by atoms with van der Waals surface area (Å²) in [4.78, 5) is 12.7. The Balaban J connectivity index is 2.81. The van der Waals surface area contributed by atoms with Crippen LogP contribution in [-0.2, 0) is 14.3 Å². The van der Waals surface area contributed by atoms with Crippen molar-refractivity contribution in [3.8, 4) is 5.75 Å². The summed E-state index contributed by atoms with van der Waals surface area (Å²) in [6.07, 6.45) is 2.27. The minimum absolute atomic E-state index is 0.113. The fourth-order valence-corrected chi connectivity index (χ4v) is 2.70. The van der Waals surface area contributed by atoms with Crippen LogP contribution >= 0.6 is 11.6 Å². The lowest BCUT2D eigenvalue weighted by atomic mass is 9.99. The van der Waals surface area contributed by atoms with Crippen molar-refractivity contribution in [2.45, 2.75) is 58.7 Å². The number of hydrogen-bond donors (Lipinski definition) is 1. The van der Waals surface area contributed by atoms with Crippen LogP contribution in [-0.4, -0.2) is 37.9 Å². The zero-order valence-electron chi connectivity index (χ0n) is 15.9. The van der Waals surface area contributed by atoms with Crippen molar-refractivity contribution in [3.05, 3.63) is 23.2 Å². The number of halogens is 1. The molecule has 0 heterocycles. The molecule has 0 aliphatic carbocycles. The summed E-state index contributed by atoms with van der Waals surface area (Å²) in [6, 6.07) is 5.19. The van der Waals surface area contributed by atoms with E-state index in [4.69, 9.17) is 25.8 Å². The lowest BCUT2D eigenvalue weighted by Crippen LogP contribution is -2.43. The SMILES string of the molecule is CCCOC(C)(CCC)C(=O)Nc1ccc(OC(C)COC)c(Cl)c1. The Labute approximate surface area is 156 Å². The Morgan fingerprint density at radius 3 is 2.60 bits per heavy atom. The average Bonchev–Trinajstić information content (AvgIpc) is 2.56. The van der Waals surface area contributed by atoms with Gasteiger partial charge in [0.1, 0.15) is 17.5 Å². The lowest BCUT2D eigenvalue weighted by Gasteiger charge is -2.28. The van der Waals surface area contributed by atoms with Crippen molar-refractivity contribution in [2.24, 2.45) is 0 Å². The van der Waals surface area contributed by atoms with E-state index in [-0.39, 0.29) is 12.0 Å². The first-order valence-electron chi connectivity index (χ1n) is 8.76. The number of methoxy groups -OCH3 is 1. The fourth-order valence-electron chi connectivity index (χ4n) is 2.48. The van der Waals surface area contributed by atoms with Crippen LogP contribution in [0.2, 0.25) is 5.02 Å². The molecule has 0 fully saturated rings. The summed E-state index contributed by atoms with van der Waals surface area (Å²) in [6.45, 7) is 8.80. The van der Waals surface area contributed by atoms with Gasteiger partial charge >= 0.3 is 0 Å². The Bertz CT molecular complexity index is 552. The minimum Gasteiger partial charge on any atom is -0.487 e. The molecule has 142 valence electrons. The molecule has 25 heavy (non-hydrogen) atoms. The minimum atomic E-state index is -0.848. The summed E-state index contributed by atoms with van der Waals surface area (Å²) in [5, 5.41) is 3.33. The predicted molar refractivity (Wildman–Crippen MR) is 102 cm³/mol. The van der Waals surface area contributed by atoms with Crippen LogP contribution in [0, 0.1) is 0 Å². The van der Waals surface area contributed by atoms with E-state index in [1.807, 2.05) is 27.7 Å². The summed E-state index contributed by atoms with van der Waals surface area (Å²) in [5.74, 6) is 0.392. The summed E-state index contributed by atoms with van der Waals surface area (Å²) < 4.78 is 16.6. The first kappa shape index (κ1) is 21.7. The number of anilines is 1. The standard InChI is InChI=1S/C19H30ClNO4/c1-6-10-19(4,24-11-7-2)18(22)21-15-8-9-17(16(20)12-15)25-14(3)13-23-5/h8-9,12,14H,6-7,10-11,13H2,1-5H3,(H,21,22). The molecule has 1 aromatic rings. The highest BCUT2D eigenvalue weighted by molar-refractivity contribution is 6.32. The van der Waals surface area contributed by atoms with Crippen LogP contribution in [0.15, 0.2) is 18.2 Å². The third-order valence-electron chi connectivity index (χ3n) is 3.75. The number of rotatable bonds is 11. The van der Waals surface area contributed by atoms with Crippen molar-refractivity contribution < 1.29 is 19.0 Å². The van der Waals surface area contributed by atoms with Crippen molar-refractivity contribution in [2.75, 3.05) is 25.6 Å². The van der Waals surface area contributed by atoms with E-state index in [1.54, 1.807) is 25.3 Å². The van der Waals surface area contributed by atoms with Crippen LogP contribution < -0.4 is 10.1 Å². The van der Waals surface area contributed by atoms with E-state index in [0.717, 1.165) is 12.8 Å². The number of hydrogen-bond acceptors (Lipinski definition) is 4. The Morgan fingerprint density at radius 2 is 2.04 bits per heavy atom. The van der Waals surface area contributed by atoms with Gasteiger partial charge in [0, 0.05) is 19.4 Å². The Morgan fingerprint density at radius 1 is 1.32 bits per heavy atom. The van der Waals surface area contributed by atoms with E-state index >= 15 is 0 Å². The van der Waals surface area contributed by atoms with Gasteiger partial charge in [0.25, 0.3) is 5.91 Å². The second kappa shape index (κ2) is 10.6. The number of ether oxygens (including phenoxy) is 3. The van der Waals surface area contributed by atoms with Gasteiger partial charge in [-0.1, -0.05) is 31.9 Å². The maximum absolute atomic E-state index is 12.7. The Hall–Kier alpha value is -1.30. The first-order chi connectivity index (χ1) is 11.9. The number of carbonyl (C=O) groups is 1. The molecule has 0 saturated carbocycles. The molecule has 0 radical (unpaired) electrons. The van der Waals surface area contributed by atoms with Gasteiger partial charge in [-0.2, -0.15) is 0 Å². The Kier molecular flexibility index (Phi) is 9.25. The smallest absolute Gasteiger partial charge is 0.256 e. The second-order valence-corrected chi connectivity index (χ2v) is 6.72. The van der Waals surface area contributed by atoms with E-state index in [0.29, 0.717) is 36.1 Å². The van der Waals surface area contributed by atoms with Crippen molar-refractivity contribution >= 4 is 23.2 Å². The molecule has 0 aliphatic heterocycles. The molecule has 1 amide bonds. The molecule has 5 nitrogen and oxygen atoms in total. The van der Waals surface area contributed by atoms with E-state index in [1.165, 1.54) is 0 Å². The summed E-state index contributed by atoms with van der Waals surface area (Å²) in [5.41, 5.74) is -0.233. The van der Waals surface area contributed by atoms with Gasteiger partial charge in [0.05, 0.1) is 11.6 Å². The van der Waals surface area contributed by atoms with Crippen LogP contribution in [0.3, 0.4) is 0 Å². The van der Waals surface area contributed by atoms with E-state index in [2.05, 4.69) is 5.32 Å². The number of benzene rings is 1. The van der Waals surface area contributed by atoms with Crippen molar-refractivity contribution in [1.82, 2.24) is 0 Å². The van der Waals surface area contributed by atoms with Crippen molar-refractivity contribution in [3.63, 3.8) is 0 Å². The molecule has 2 atom stereocenters. The van der Waals surface area contributed by atoms with E-state index < -0.39 is 5.60 Å². The molecule has 1 rings (SSSR count). The first-order valence-corrected chi connectivity index (χ1v) is 9.14. The largest absolute Gasteiger partial charge is 0.487 e. The fraction of sp³-hybridized carbons (Fsp3) is 0.632. The highest BCUT2D eigenvalue weighted by atomic mass is 35.5. The van der Waals surface area contributed by atoms with Crippen LogP contribution in [0.4, 0.5) is 5.69 Å². The predicted octanol–water partition coefficient (Wildman–Crippen LogP) is 4.68. The number of nitrogens with one attached hydrogen (secondary N) is 1. The molecule has 1 aromatic carbocycles. The van der Waals surface area contributed by atoms with Gasteiger partial charge in [0.15, 0.2) is 0 Å². The zero-order valence-corrected chi connectivity index (χ0v) is 16.6. The van der Waals surface area contributed by atoms with Crippen LogP contribution in [0.25, 0.3) is 0 Å². The summed E-state index contributed by atoms with van der Waals surface area (Å²) >= 11 is 6.27. The van der Waals surface area contributed by atoms with E-state index in [9.17, 15) is 4.79 Å². The quantitative estimate of drug-likeness (QED) is 0.613. The molecule has 0 saturated heterocycles. The highest BCUT2D eigenvalue weighted by Crippen LogP contribution is 2.29. The molecule has 0 bridgehead atoms. The number of amides is 1. The lowest BCUT2D eigenvalue weighted by molar-refractivity contribution is -0.140. The zero-order chi connectivity index (χ0) is 18.9. The topological polar surface area (TPSA) is 56.8 Å². The average molecular weight is 372 g/mol. The molecule has 0 spiro atoms. The molecule has 2 unspecified atom stereocenters. The summed E-state index contributed by atoms with van der Waals surface area (Å²) in [7, 11) is 1.62. The third kappa shape index (κ3) is 6.84. The van der Waals surface area contributed by atoms with Gasteiger partial charge in [-0.25, -0.2) is 0 Å². The van der Waals surface area contributed by atoms with Gasteiger partial charge in [-0.05, 0) is 44.9 Å². The second-order valence-electron chi connectivity index (χ2n) is 6.31. The monoisotopic (exact) mass is 371 g/mol. The highest BCUT2D eigenvalue weighted by Gasteiger charge is 2.33. The molecule has 0 aromatic heterocycles. The van der Waals surface area contributed by atoms with Crippen molar-refractivity contribution in [1.29, 1.82) is 0 Å². The van der Waals surface area contributed by atoms with Gasteiger partial charge in [-0.15, -0.1) is 0 Å². The maximum Gasteiger partial charge on any atom is 0.256 e. The van der Waals surface area contributed by atoms with Crippen LogP contribution in [0.1, 0.15) is 47.0 Å². The van der Waals surface area contributed by atoms with Gasteiger partial charge in [-0.3, -0.25) is 4.79 Å². The normalized spacial score (nSPS) is 14.6. The number of carbonyl (C=O) groups excluding carboxylic acids is 1. The third-order valence-corrected chi connectivity index (χ3v) is 4.05. The maximum atomic E-state index is 12.7. The molecule has 0 aliphatic rings. The van der Waals surface area contributed by atoms with Crippen LogP contribution in [0.5, 0.6) is 5.75 Å².